The van der Waals surface area contributed by atoms with Crippen LogP contribution in [0.25, 0.3) is 16.9 Å². The Balaban J connectivity index is 1.34. The van der Waals surface area contributed by atoms with E-state index in [2.05, 4.69) is 22.1 Å². The minimum Gasteiger partial charge on any atom is -0.492 e. The van der Waals surface area contributed by atoms with Gasteiger partial charge in [0.2, 0.25) is 0 Å². The number of nitriles is 1. The molecule has 5 rings (SSSR count). The molecule has 0 radical (unpaired) electrons. The number of pyridine rings is 1. The number of allylic oxidation sites excluding steroid dienone is 1. The van der Waals surface area contributed by atoms with E-state index >= 15 is 0 Å². The Hall–Kier alpha value is -3.76. The molecule has 0 aliphatic carbocycles. The highest BCUT2D eigenvalue weighted by Crippen LogP contribution is 2.29. The summed E-state index contributed by atoms with van der Waals surface area (Å²) in [5.41, 5.74) is 4.93. The van der Waals surface area contributed by atoms with Gasteiger partial charge in [0.05, 0.1) is 37.3 Å². The van der Waals surface area contributed by atoms with Crippen molar-refractivity contribution in [3.63, 3.8) is 0 Å². The minimum atomic E-state index is 0.0888. The Morgan fingerprint density at radius 3 is 2.74 bits per heavy atom. The molecule has 0 bridgehead atoms. The zero-order valence-electron chi connectivity index (χ0n) is 18.9. The van der Waals surface area contributed by atoms with Crippen LogP contribution < -0.4 is 4.74 Å². The van der Waals surface area contributed by atoms with Crippen molar-refractivity contribution in [2.45, 2.75) is 38.2 Å². The van der Waals surface area contributed by atoms with E-state index in [4.69, 9.17) is 19.2 Å². The second kappa shape index (κ2) is 10.4. The van der Waals surface area contributed by atoms with Crippen LogP contribution in [-0.2, 0) is 15.9 Å². The molecule has 0 unspecified atom stereocenters. The van der Waals surface area contributed by atoms with Gasteiger partial charge in [0.15, 0.2) is 0 Å². The number of aromatic nitrogens is 3. The van der Waals surface area contributed by atoms with Gasteiger partial charge < -0.3 is 14.2 Å². The van der Waals surface area contributed by atoms with E-state index in [0.29, 0.717) is 37.6 Å². The predicted molar refractivity (Wildman–Crippen MR) is 127 cm³/mol. The maximum Gasteiger partial charge on any atom is 0.142 e. The first-order valence-corrected chi connectivity index (χ1v) is 11.7. The van der Waals surface area contributed by atoms with Gasteiger partial charge in [-0.05, 0) is 54.3 Å². The van der Waals surface area contributed by atoms with Crippen LogP contribution in [0.3, 0.4) is 0 Å². The predicted octanol–water partition coefficient (Wildman–Crippen LogP) is 4.71. The summed E-state index contributed by atoms with van der Waals surface area (Å²) in [5.74, 6) is 1.42. The smallest absolute Gasteiger partial charge is 0.142 e. The van der Waals surface area contributed by atoms with Crippen molar-refractivity contribution in [1.29, 1.82) is 5.26 Å². The average Bonchev–Trinajstić information content (AvgIpc) is 2.90. The zero-order chi connectivity index (χ0) is 23.2. The highest BCUT2D eigenvalue weighted by Gasteiger charge is 2.17. The van der Waals surface area contributed by atoms with Crippen molar-refractivity contribution in [3.05, 3.63) is 77.6 Å². The molecule has 0 N–H and O–H groups in total. The first-order chi connectivity index (χ1) is 16.8. The molecule has 172 valence electrons. The summed E-state index contributed by atoms with van der Waals surface area (Å²) in [6.45, 7) is 2.11. The molecule has 4 heterocycles. The SMILES string of the molecule is N#Cc1cc(-c2ccnc(Cc3cncc(C4=CCCCO4)n3)c2)ccc1OC1CCOCC1. The van der Waals surface area contributed by atoms with Crippen LogP contribution in [0.15, 0.2) is 55.0 Å². The molecule has 3 aromatic rings. The van der Waals surface area contributed by atoms with Crippen LogP contribution in [-0.4, -0.2) is 40.9 Å². The summed E-state index contributed by atoms with van der Waals surface area (Å²) in [6, 6.07) is 12.0. The van der Waals surface area contributed by atoms with E-state index < -0.39 is 0 Å². The van der Waals surface area contributed by atoms with Crippen molar-refractivity contribution < 1.29 is 14.2 Å². The second-order valence-corrected chi connectivity index (χ2v) is 8.42. The molecule has 1 fully saturated rings. The van der Waals surface area contributed by atoms with Crippen molar-refractivity contribution in [3.8, 4) is 22.9 Å². The van der Waals surface area contributed by atoms with Crippen molar-refractivity contribution >= 4 is 5.76 Å². The van der Waals surface area contributed by atoms with Crippen molar-refractivity contribution in [2.24, 2.45) is 0 Å². The van der Waals surface area contributed by atoms with Crippen molar-refractivity contribution in [1.82, 2.24) is 15.0 Å². The number of nitrogens with zero attached hydrogens (tertiary/aromatic N) is 4. The molecule has 0 amide bonds. The second-order valence-electron chi connectivity index (χ2n) is 8.42. The molecule has 2 aliphatic heterocycles. The molecule has 0 spiro atoms. The van der Waals surface area contributed by atoms with E-state index in [1.165, 1.54) is 0 Å². The summed E-state index contributed by atoms with van der Waals surface area (Å²) in [4.78, 5) is 13.6. The fraction of sp³-hybridized carbons (Fsp3) is 0.333. The topological polar surface area (TPSA) is 90.2 Å². The van der Waals surface area contributed by atoms with Gasteiger partial charge >= 0.3 is 0 Å². The number of hydrogen-bond acceptors (Lipinski definition) is 7. The molecular weight excluding hydrogens is 428 g/mol. The zero-order valence-corrected chi connectivity index (χ0v) is 18.9. The summed E-state index contributed by atoms with van der Waals surface area (Å²) in [6.07, 6.45) is 11.7. The number of rotatable bonds is 6. The van der Waals surface area contributed by atoms with E-state index in [1.54, 1.807) is 18.6 Å². The summed E-state index contributed by atoms with van der Waals surface area (Å²) in [7, 11) is 0. The quantitative estimate of drug-likeness (QED) is 0.533. The Labute approximate surface area is 199 Å². The highest BCUT2D eigenvalue weighted by molar-refractivity contribution is 5.67. The maximum atomic E-state index is 9.71. The number of hydrogen-bond donors (Lipinski definition) is 0. The van der Waals surface area contributed by atoms with Crippen LogP contribution >= 0.6 is 0 Å². The fourth-order valence-corrected chi connectivity index (χ4v) is 4.16. The normalized spacial score (nSPS) is 16.3. The largest absolute Gasteiger partial charge is 0.492 e. The van der Waals surface area contributed by atoms with Crippen molar-refractivity contribution in [2.75, 3.05) is 19.8 Å². The Bertz CT molecular complexity index is 1230. The Morgan fingerprint density at radius 1 is 1.03 bits per heavy atom. The molecule has 1 saturated heterocycles. The van der Waals surface area contributed by atoms with Gasteiger partial charge in [-0.25, -0.2) is 4.98 Å². The molecule has 1 aromatic carbocycles. The highest BCUT2D eigenvalue weighted by atomic mass is 16.5. The van der Waals surface area contributed by atoms with Crippen LogP contribution in [0.2, 0.25) is 0 Å². The molecule has 7 nitrogen and oxygen atoms in total. The monoisotopic (exact) mass is 454 g/mol. The van der Waals surface area contributed by atoms with Crippen LogP contribution in [0.4, 0.5) is 0 Å². The molecule has 0 saturated carbocycles. The average molecular weight is 455 g/mol. The minimum absolute atomic E-state index is 0.0888. The first-order valence-electron chi connectivity index (χ1n) is 11.7. The van der Waals surface area contributed by atoms with Gasteiger partial charge in [-0.2, -0.15) is 5.26 Å². The lowest BCUT2D eigenvalue weighted by atomic mass is 10.0. The summed E-state index contributed by atoms with van der Waals surface area (Å²) < 4.78 is 17.2. The maximum absolute atomic E-state index is 9.71. The summed E-state index contributed by atoms with van der Waals surface area (Å²) >= 11 is 0. The Morgan fingerprint density at radius 2 is 1.91 bits per heavy atom. The number of ether oxygens (including phenoxy) is 3. The third kappa shape index (κ3) is 5.24. The number of benzene rings is 1. The Kier molecular flexibility index (Phi) is 6.78. The molecular formula is C27H26N4O3. The van der Waals surface area contributed by atoms with Gasteiger partial charge in [0, 0.05) is 37.4 Å². The van der Waals surface area contributed by atoms with E-state index in [-0.39, 0.29) is 6.10 Å². The van der Waals surface area contributed by atoms with E-state index in [0.717, 1.165) is 59.7 Å². The third-order valence-electron chi connectivity index (χ3n) is 5.95. The molecule has 7 heteroatoms. The molecule has 2 aromatic heterocycles. The van der Waals surface area contributed by atoms with E-state index in [1.807, 2.05) is 30.3 Å². The van der Waals surface area contributed by atoms with Gasteiger partial charge in [0.25, 0.3) is 0 Å². The van der Waals surface area contributed by atoms with Crippen LogP contribution in [0, 0.1) is 11.3 Å². The van der Waals surface area contributed by atoms with Crippen LogP contribution in [0.1, 0.15) is 48.3 Å². The van der Waals surface area contributed by atoms with Gasteiger partial charge in [-0.1, -0.05) is 6.07 Å². The fourth-order valence-electron chi connectivity index (χ4n) is 4.16. The first kappa shape index (κ1) is 22.1. The van der Waals surface area contributed by atoms with Gasteiger partial charge in [-0.3, -0.25) is 9.97 Å². The molecule has 0 atom stereocenters. The third-order valence-corrected chi connectivity index (χ3v) is 5.95. The standard InChI is InChI=1S/C27H26N4O3/c28-16-21-13-19(4-5-26(21)34-24-7-11-32-12-8-24)20-6-9-30-22(14-20)15-23-17-29-18-25(31-23)27-3-1-2-10-33-27/h3-6,9,13-14,17-18,24H,1-2,7-8,10-12,15H2. The lowest BCUT2D eigenvalue weighted by Gasteiger charge is -2.23. The lowest BCUT2D eigenvalue weighted by molar-refractivity contribution is 0.0254. The molecule has 2 aliphatic rings. The van der Waals surface area contributed by atoms with Gasteiger partial charge in [0.1, 0.15) is 29.4 Å². The lowest BCUT2D eigenvalue weighted by Crippen LogP contribution is -2.26. The van der Waals surface area contributed by atoms with Gasteiger partial charge in [-0.15, -0.1) is 0 Å². The summed E-state index contributed by atoms with van der Waals surface area (Å²) in [5, 5.41) is 9.71. The van der Waals surface area contributed by atoms with E-state index in [9.17, 15) is 5.26 Å². The van der Waals surface area contributed by atoms with Crippen LogP contribution in [0.5, 0.6) is 5.75 Å². The molecule has 34 heavy (non-hydrogen) atoms.